The highest BCUT2D eigenvalue weighted by atomic mass is 16.5. The predicted octanol–water partition coefficient (Wildman–Crippen LogP) is 13.5. The summed E-state index contributed by atoms with van der Waals surface area (Å²) in [5.41, 5.74) is 19.9. The lowest BCUT2D eigenvalue weighted by molar-refractivity contribution is 0.205. The molecule has 280 valence electrons. The minimum Gasteiger partial charge on any atom is -0.489 e. The van der Waals surface area contributed by atoms with E-state index in [-0.39, 0.29) is 12.0 Å². The fourth-order valence-corrected chi connectivity index (χ4v) is 8.73. The van der Waals surface area contributed by atoms with Gasteiger partial charge in [0, 0.05) is 51.4 Å². The Morgan fingerprint density at radius 2 is 1.09 bits per heavy atom. The molecule has 0 radical (unpaired) electrons. The number of para-hydroxylation sites is 3. The topological polar surface area (TPSA) is 43.4 Å². The van der Waals surface area contributed by atoms with Gasteiger partial charge in [0.15, 0.2) is 0 Å². The lowest BCUT2D eigenvalue weighted by Gasteiger charge is -2.26. The third-order valence-corrected chi connectivity index (χ3v) is 11.6. The number of nitrogens with zero attached hydrogens (tertiary/aromatic N) is 2. The van der Waals surface area contributed by atoms with Gasteiger partial charge in [-0.25, -0.2) is 0 Å². The average Bonchev–Trinajstić information content (AvgIpc) is 3.81. The number of hydrogen-bond donors (Lipinski definition) is 1. The first-order valence-electron chi connectivity index (χ1n) is 20.1. The number of benzene rings is 8. The Labute approximate surface area is 339 Å². The fraction of sp³-hybridized carbons (Fsp3) is 0.0741. The normalized spacial score (nSPS) is 14.8. The molecule has 0 saturated carbocycles. The highest BCUT2D eigenvalue weighted by Gasteiger charge is 2.33. The quantitative estimate of drug-likeness (QED) is 0.151. The van der Waals surface area contributed by atoms with E-state index in [2.05, 4.69) is 204 Å². The van der Waals surface area contributed by atoms with Crippen molar-refractivity contribution in [2.75, 3.05) is 4.90 Å². The van der Waals surface area contributed by atoms with Crippen LogP contribution in [0.15, 0.2) is 212 Å². The van der Waals surface area contributed by atoms with Crippen LogP contribution in [-0.4, -0.2) is 10.7 Å². The molecule has 1 aromatic heterocycles. The molecule has 0 saturated heterocycles. The molecule has 0 amide bonds. The van der Waals surface area contributed by atoms with E-state index >= 15 is 0 Å². The van der Waals surface area contributed by atoms with Gasteiger partial charge in [-0.1, -0.05) is 133 Å². The van der Waals surface area contributed by atoms with E-state index in [1.807, 2.05) is 12.1 Å². The molecule has 8 aromatic carbocycles. The third kappa shape index (κ3) is 6.59. The van der Waals surface area contributed by atoms with Crippen molar-refractivity contribution < 1.29 is 4.74 Å². The highest BCUT2D eigenvalue weighted by Crippen LogP contribution is 2.42. The standard InChI is InChI=1S/C54H43N3O/c55-35-11-18-49-48-17-8-10-20-53(48)58-54(49)36-38-21-28-46(29-22-38)57-51-19-9-7-16-47(51)50-37-42(27-34-52(50)57)41-25-32-45(33-26-41)56(43-14-5-2-6-15-43)44-30-23-40(24-31-44)39-12-3-1-4-13-39/h1-17,19-35,37,49,54H,18,36,55H2/b35-11-. The van der Waals surface area contributed by atoms with Crippen LogP contribution in [0.2, 0.25) is 0 Å². The molecule has 2 N–H and O–H groups in total. The first-order valence-corrected chi connectivity index (χ1v) is 20.1. The van der Waals surface area contributed by atoms with Gasteiger partial charge >= 0.3 is 0 Å². The summed E-state index contributed by atoms with van der Waals surface area (Å²) in [5, 5.41) is 2.47. The van der Waals surface area contributed by atoms with Crippen LogP contribution in [0.4, 0.5) is 17.1 Å². The van der Waals surface area contributed by atoms with Crippen LogP contribution < -0.4 is 15.4 Å². The number of fused-ring (bicyclic) bond motifs is 4. The molecular formula is C54H43N3O. The zero-order chi connectivity index (χ0) is 38.8. The zero-order valence-corrected chi connectivity index (χ0v) is 32.2. The average molecular weight is 750 g/mol. The summed E-state index contributed by atoms with van der Waals surface area (Å²) in [6.07, 6.45) is 5.44. The van der Waals surface area contributed by atoms with Gasteiger partial charge in [0.05, 0.1) is 11.0 Å². The molecule has 9 aromatic rings. The van der Waals surface area contributed by atoms with E-state index in [1.165, 1.54) is 55.2 Å². The summed E-state index contributed by atoms with van der Waals surface area (Å²) in [6.45, 7) is 0. The van der Waals surface area contributed by atoms with Gasteiger partial charge < -0.3 is 19.9 Å². The van der Waals surface area contributed by atoms with Gasteiger partial charge in [-0.15, -0.1) is 0 Å². The largest absolute Gasteiger partial charge is 0.489 e. The van der Waals surface area contributed by atoms with Gasteiger partial charge in [-0.3, -0.25) is 0 Å². The first-order chi connectivity index (χ1) is 28.7. The van der Waals surface area contributed by atoms with E-state index in [1.54, 1.807) is 6.20 Å². The molecule has 1 aliphatic heterocycles. The lowest BCUT2D eigenvalue weighted by atomic mass is 9.89. The van der Waals surface area contributed by atoms with E-state index < -0.39 is 0 Å². The summed E-state index contributed by atoms with van der Waals surface area (Å²) < 4.78 is 8.87. The summed E-state index contributed by atoms with van der Waals surface area (Å²) in [5.74, 6) is 1.26. The SMILES string of the molecule is N/C=C\CC1c2ccccc2OC1Cc1ccc(-n2c3ccccc3c3cc(-c4ccc(N(c5ccccc5)c5ccc(-c6ccccc6)cc5)cc4)ccc32)cc1. The van der Waals surface area contributed by atoms with Crippen molar-refractivity contribution in [3.63, 3.8) is 0 Å². The van der Waals surface area contributed by atoms with E-state index in [9.17, 15) is 0 Å². The summed E-state index contributed by atoms with van der Waals surface area (Å²) in [7, 11) is 0. The second-order valence-corrected chi connectivity index (χ2v) is 15.1. The number of ether oxygens (including phenoxy) is 1. The minimum absolute atomic E-state index is 0.0630. The highest BCUT2D eigenvalue weighted by molar-refractivity contribution is 6.10. The number of nitrogens with two attached hydrogens (primary N) is 1. The van der Waals surface area contributed by atoms with Gasteiger partial charge in [0.2, 0.25) is 0 Å². The number of anilines is 3. The lowest BCUT2D eigenvalue weighted by Crippen LogP contribution is -2.21. The molecule has 2 heterocycles. The second kappa shape index (κ2) is 15.3. The predicted molar refractivity (Wildman–Crippen MR) is 242 cm³/mol. The Kier molecular flexibility index (Phi) is 9.28. The van der Waals surface area contributed by atoms with Crippen molar-refractivity contribution in [2.24, 2.45) is 5.73 Å². The molecule has 10 rings (SSSR count). The van der Waals surface area contributed by atoms with Crippen LogP contribution >= 0.6 is 0 Å². The van der Waals surface area contributed by atoms with Gasteiger partial charge in [-0.2, -0.15) is 0 Å². The fourth-order valence-electron chi connectivity index (χ4n) is 8.73. The van der Waals surface area contributed by atoms with Gasteiger partial charge in [0.1, 0.15) is 11.9 Å². The molecule has 58 heavy (non-hydrogen) atoms. The molecule has 0 fully saturated rings. The minimum atomic E-state index is 0.0630. The Morgan fingerprint density at radius 1 is 0.517 bits per heavy atom. The van der Waals surface area contributed by atoms with Gasteiger partial charge in [0.25, 0.3) is 0 Å². The maximum Gasteiger partial charge on any atom is 0.123 e. The first kappa shape index (κ1) is 35.1. The summed E-state index contributed by atoms with van der Waals surface area (Å²) in [4.78, 5) is 2.32. The molecule has 4 nitrogen and oxygen atoms in total. The number of hydrogen-bond acceptors (Lipinski definition) is 3. The Bertz CT molecular complexity index is 2860. The van der Waals surface area contributed by atoms with Crippen molar-refractivity contribution >= 4 is 38.9 Å². The van der Waals surface area contributed by atoms with Crippen molar-refractivity contribution in [1.29, 1.82) is 0 Å². The van der Waals surface area contributed by atoms with Crippen LogP contribution in [0, 0.1) is 0 Å². The molecule has 0 spiro atoms. The van der Waals surface area contributed by atoms with Crippen LogP contribution in [0.25, 0.3) is 49.7 Å². The third-order valence-electron chi connectivity index (χ3n) is 11.6. The Balaban J connectivity index is 0.943. The van der Waals surface area contributed by atoms with E-state index in [4.69, 9.17) is 10.5 Å². The van der Waals surface area contributed by atoms with Crippen molar-refractivity contribution in [3.8, 4) is 33.7 Å². The maximum atomic E-state index is 6.48. The molecule has 0 bridgehead atoms. The smallest absolute Gasteiger partial charge is 0.123 e. The molecule has 4 heteroatoms. The molecule has 0 aliphatic carbocycles. The van der Waals surface area contributed by atoms with E-state index in [0.717, 1.165) is 41.3 Å². The molecule has 1 aliphatic rings. The summed E-state index contributed by atoms with van der Waals surface area (Å²) in [6, 6.07) is 71.9. The maximum absolute atomic E-state index is 6.48. The monoisotopic (exact) mass is 749 g/mol. The Hall–Kier alpha value is -7.30. The number of aromatic nitrogens is 1. The van der Waals surface area contributed by atoms with E-state index in [0.29, 0.717) is 0 Å². The number of rotatable bonds is 10. The van der Waals surface area contributed by atoms with Crippen LogP contribution in [0.5, 0.6) is 5.75 Å². The molecular weight excluding hydrogens is 707 g/mol. The van der Waals surface area contributed by atoms with Crippen LogP contribution in [0.1, 0.15) is 23.5 Å². The molecule has 2 unspecified atom stereocenters. The molecule has 2 atom stereocenters. The van der Waals surface area contributed by atoms with Crippen LogP contribution in [0.3, 0.4) is 0 Å². The Morgan fingerprint density at radius 3 is 1.81 bits per heavy atom. The van der Waals surface area contributed by atoms with Crippen molar-refractivity contribution in [3.05, 3.63) is 224 Å². The number of allylic oxidation sites excluding steroid dienone is 1. The second-order valence-electron chi connectivity index (χ2n) is 15.1. The van der Waals surface area contributed by atoms with Crippen molar-refractivity contribution in [1.82, 2.24) is 4.57 Å². The van der Waals surface area contributed by atoms with Crippen molar-refractivity contribution in [2.45, 2.75) is 24.9 Å². The zero-order valence-electron chi connectivity index (χ0n) is 32.2. The van der Waals surface area contributed by atoms with Gasteiger partial charge in [-0.05, 0) is 113 Å². The summed E-state index contributed by atoms with van der Waals surface area (Å²) >= 11 is 0. The van der Waals surface area contributed by atoms with Crippen LogP contribution in [-0.2, 0) is 6.42 Å².